The summed E-state index contributed by atoms with van der Waals surface area (Å²) in [4.78, 5) is 0. The molecule has 1 N–H and O–H groups in total. The molecule has 0 aromatic rings. The maximum atomic E-state index is 8.75. The maximum absolute atomic E-state index is 8.75. The van der Waals surface area contributed by atoms with Gasteiger partial charge in [-0.15, -0.1) is 0 Å². The Hall–Kier alpha value is -0.0800. The zero-order valence-corrected chi connectivity index (χ0v) is 4.42. The van der Waals surface area contributed by atoms with E-state index >= 15 is 0 Å². The normalized spacial score (nSPS) is 34.3. The Balaban J connectivity index is 2.14. The van der Waals surface area contributed by atoms with Crippen LogP contribution in [0.25, 0.3) is 0 Å². The molecule has 1 heterocycles. The third kappa shape index (κ3) is 0.924. The van der Waals surface area contributed by atoms with Crippen molar-refractivity contribution < 1.29 is 9.84 Å². The third-order valence-corrected chi connectivity index (χ3v) is 1.27. The van der Waals surface area contributed by atoms with Crippen LogP contribution in [0.15, 0.2) is 0 Å². The summed E-state index contributed by atoms with van der Waals surface area (Å²) in [5.41, 5.74) is 0. The number of aliphatic hydroxyl groups excluding tert-OH is 1. The lowest BCUT2D eigenvalue weighted by Gasteiger charge is -2.28. The second-order valence-electron chi connectivity index (χ2n) is 1.94. The van der Waals surface area contributed by atoms with Gasteiger partial charge in [-0.1, -0.05) is 0 Å². The summed E-state index contributed by atoms with van der Waals surface area (Å²) in [6.45, 7) is 2.58. The number of rotatable bonds is 1. The Morgan fingerprint density at radius 1 is 1.86 bits per heavy atom. The van der Waals surface area contributed by atoms with E-state index in [-0.39, 0.29) is 12.2 Å². The molecule has 1 aliphatic heterocycles. The molecule has 0 aromatic heterocycles. The van der Waals surface area contributed by atoms with Gasteiger partial charge in [-0.25, -0.2) is 0 Å². The lowest BCUT2D eigenvalue weighted by atomic mass is 10.1. The van der Waals surface area contributed by atoms with Crippen molar-refractivity contribution in [3.05, 3.63) is 0 Å². The molecule has 0 spiro atoms. The van der Waals surface area contributed by atoms with E-state index in [0.717, 1.165) is 13.0 Å². The molecule has 1 aliphatic rings. The average Bonchev–Trinajstić information content (AvgIpc) is 1.23. The Morgan fingerprint density at radius 2 is 2.43 bits per heavy atom. The highest BCUT2D eigenvalue weighted by molar-refractivity contribution is 4.70. The molecule has 1 rings (SSSR count). The summed E-state index contributed by atoms with van der Waals surface area (Å²) in [5.74, 6) is 0. The molecule has 0 amide bonds. The van der Waals surface area contributed by atoms with Crippen LogP contribution in [0.1, 0.15) is 13.3 Å². The van der Waals surface area contributed by atoms with Gasteiger partial charge >= 0.3 is 0 Å². The molecule has 0 radical (unpaired) electrons. The highest BCUT2D eigenvalue weighted by Crippen LogP contribution is 2.13. The van der Waals surface area contributed by atoms with E-state index < -0.39 is 0 Å². The number of hydrogen-bond acceptors (Lipinski definition) is 2. The summed E-state index contributed by atoms with van der Waals surface area (Å²) in [6.07, 6.45) is 0.895. The van der Waals surface area contributed by atoms with Crippen LogP contribution in [0.5, 0.6) is 0 Å². The van der Waals surface area contributed by atoms with Crippen LogP contribution >= 0.6 is 0 Å². The molecular formula is C5H10O2. The predicted molar refractivity (Wildman–Crippen MR) is 26.0 cm³/mol. The van der Waals surface area contributed by atoms with E-state index in [9.17, 15) is 0 Å². The zero-order valence-electron chi connectivity index (χ0n) is 4.42. The first-order valence-electron chi connectivity index (χ1n) is 2.60. The van der Waals surface area contributed by atoms with Crippen LogP contribution < -0.4 is 0 Å². The summed E-state index contributed by atoms with van der Waals surface area (Å²) in [6, 6.07) is 0. The summed E-state index contributed by atoms with van der Waals surface area (Å²) < 4.78 is 4.94. The molecule has 0 saturated carbocycles. The van der Waals surface area contributed by atoms with Crippen molar-refractivity contribution in [1.29, 1.82) is 0 Å². The van der Waals surface area contributed by atoms with E-state index in [1.165, 1.54) is 0 Å². The van der Waals surface area contributed by atoms with Crippen molar-refractivity contribution in [2.45, 2.75) is 25.6 Å². The van der Waals surface area contributed by atoms with Gasteiger partial charge in [0.25, 0.3) is 0 Å². The fourth-order valence-corrected chi connectivity index (χ4v) is 0.634. The monoisotopic (exact) mass is 102 g/mol. The van der Waals surface area contributed by atoms with Gasteiger partial charge < -0.3 is 9.84 Å². The van der Waals surface area contributed by atoms with E-state index in [2.05, 4.69) is 0 Å². The summed E-state index contributed by atoms with van der Waals surface area (Å²) in [7, 11) is 0. The number of hydrogen-bond donors (Lipinski definition) is 1. The molecule has 7 heavy (non-hydrogen) atoms. The predicted octanol–water partition coefficient (Wildman–Crippen LogP) is 0.156. The number of aliphatic hydroxyl groups is 1. The molecule has 1 fully saturated rings. The van der Waals surface area contributed by atoms with Gasteiger partial charge in [-0.2, -0.15) is 0 Å². The van der Waals surface area contributed by atoms with Gasteiger partial charge in [0.05, 0.1) is 12.2 Å². The van der Waals surface area contributed by atoms with Crippen molar-refractivity contribution >= 4 is 0 Å². The lowest BCUT2D eigenvalue weighted by Crippen LogP contribution is -2.36. The number of ether oxygens (including phenoxy) is 1. The van der Waals surface area contributed by atoms with Gasteiger partial charge in [-0.3, -0.25) is 0 Å². The first-order chi connectivity index (χ1) is 3.30. The first kappa shape index (κ1) is 5.06. The van der Waals surface area contributed by atoms with Crippen molar-refractivity contribution in [2.75, 3.05) is 6.61 Å². The van der Waals surface area contributed by atoms with Crippen LogP contribution in [0.4, 0.5) is 0 Å². The fraction of sp³-hybridized carbons (Fsp3) is 1.00. The Kier molecular flexibility index (Phi) is 1.30. The minimum absolute atomic E-state index is 0.139. The molecule has 2 atom stereocenters. The van der Waals surface area contributed by atoms with Crippen molar-refractivity contribution in [2.24, 2.45) is 0 Å². The second-order valence-corrected chi connectivity index (χ2v) is 1.94. The largest absolute Gasteiger partial charge is 0.391 e. The summed E-state index contributed by atoms with van der Waals surface area (Å²) >= 11 is 0. The van der Waals surface area contributed by atoms with E-state index in [1.807, 2.05) is 0 Å². The Labute approximate surface area is 43.1 Å². The van der Waals surface area contributed by atoms with Crippen molar-refractivity contribution in [1.82, 2.24) is 0 Å². The third-order valence-electron chi connectivity index (χ3n) is 1.27. The fourth-order valence-electron chi connectivity index (χ4n) is 0.634. The standard InChI is InChI=1S/C5H10O2/c1-4(6)5-2-3-7-5/h4-6H,2-3H2,1H3/t4-,5-/m0/s1. The summed E-state index contributed by atoms with van der Waals surface area (Å²) in [5, 5.41) is 8.75. The second kappa shape index (κ2) is 1.80. The van der Waals surface area contributed by atoms with Crippen LogP contribution in [0, 0.1) is 0 Å². The molecule has 0 bridgehead atoms. The minimum Gasteiger partial charge on any atom is -0.391 e. The SMILES string of the molecule is C[C@H](O)[C@@H]1CCO1. The minimum atomic E-state index is -0.270. The van der Waals surface area contributed by atoms with Gasteiger partial charge in [0.1, 0.15) is 0 Å². The lowest BCUT2D eigenvalue weighted by molar-refractivity contribution is -0.110. The highest BCUT2D eigenvalue weighted by atomic mass is 16.5. The molecule has 0 aliphatic carbocycles. The van der Waals surface area contributed by atoms with E-state index in [1.54, 1.807) is 6.92 Å². The molecule has 2 nitrogen and oxygen atoms in total. The molecular weight excluding hydrogens is 92.1 g/mol. The van der Waals surface area contributed by atoms with Gasteiger partial charge in [0.15, 0.2) is 0 Å². The van der Waals surface area contributed by atoms with Crippen LogP contribution in [0.2, 0.25) is 0 Å². The topological polar surface area (TPSA) is 29.5 Å². The van der Waals surface area contributed by atoms with Crippen molar-refractivity contribution in [3.63, 3.8) is 0 Å². The molecule has 2 heteroatoms. The first-order valence-corrected chi connectivity index (χ1v) is 2.60. The highest BCUT2D eigenvalue weighted by Gasteiger charge is 2.22. The Morgan fingerprint density at radius 3 is 2.43 bits per heavy atom. The molecule has 42 valence electrons. The van der Waals surface area contributed by atoms with E-state index in [0.29, 0.717) is 0 Å². The van der Waals surface area contributed by atoms with Crippen LogP contribution in [-0.4, -0.2) is 23.9 Å². The van der Waals surface area contributed by atoms with Crippen LogP contribution in [0.3, 0.4) is 0 Å². The van der Waals surface area contributed by atoms with E-state index in [4.69, 9.17) is 9.84 Å². The quantitative estimate of drug-likeness (QED) is 0.511. The van der Waals surface area contributed by atoms with Gasteiger partial charge in [-0.05, 0) is 13.3 Å². The van der Waals surface area contributed by atoms with Gasteiger partial charge in [0, 0.05) is 6.61 Å². The van der Waals surface area contributed by atoms with Gasteiger partial charge in [0.2, 0.25) is 0 Å². The Bertz CT molecular complexity index is 57.1. The zero-order chi connectivity index (χ0) is 5.28. The molecule has 0 unspecified atom stereocenters. The average molecular weight is 102 g/mol. The van der Waals surface area contributed by atoms with Crippen LogP contribution in [-0.2, 0) is 4.74 Å². The maximum Gasteiger partial charge on any atom is 0.0853 e. The smallest absolute Gasteiger partial charge is 0.0853 e. The molecule has 1 saturated heterocycles. The van der Waals surface area contributed by atoms with Crippen molar-refractivity contribution in [3.8, 4) is 0 Å². The molecule has 0 aromatic carbocycles.